The molecule has 0 saturated carbocycles. The fourth-order valence-electron chi connectivity index (χ4n) is 2.18. The summed E-state index contributed by atoms with van der Waals surface area (Å²) in [6.45, 7) is 8.62. The molecular formula is C16H25BO5. The number of aliphatic hydroxyl groups excluding tert-OH is 1. The lowest BCUT2D eigenvalue weighted by atomic mass is 9.79. The fraction of sp³-hybridized carbons (Fsp3) is 0.625. The minimum Gasteiger partial charge on any atom is -0.493 e. The van der Waals surface area contributed by atoms with Gasteiger partial charge in [0.15, 0.2) is 11.5 Å². The second-order valence-electron chi connectivity index (χ2n) is 6.42. The topological polar surface area (TPSA) is 57.2 Å². The Morgan fingerprint density at radius 3 is 2.27 bits per heavy atom. The first-order valence-electron chi connectivity index (χ1n) is 7.58. The van der Waals surface area contributed by atoms with E-state index in [4.69, 9.17) is 23.9 Å². The molecule has 6 heteroatoms. The first kappa shape index (κ1) is 17.1. The Balaban J connectivity index is 2.20. The molecule has 122 valence electrons. The molecule has 1 aromatic carbocycles. The Kier molecular flexibility index (Phi) is 5.05. The van der Waals surface area contributed by atoms with Crippen LogP contribution in [0.2, 0.25) is 0 Å². The van der Waals surface area contributed by atoms with Crippen LogP contribution in [-0.4, -0.2) is 43.8 Å². The highest BCUT2D eigenvalue weighted by Gasteiger charge is 2.51. The third kappa shape index (κ3) is 3.40. The molecule has 1 saturated heterocycles. The first-order valence-corrected chi connectivity index (χ1v) is 7.58. The van der Waals surface area contributed by atoms with Crippen molar-refractivity contribution in [2.75, 3.05) is 20.3 Å². The highest BCUT2D eigenvalue weighted by Crippen LogP contribution is 2.37. The predicted octanol–water partition coefficient (Wildman–Crippen LogP) is 1.76. The van der Waals surface area contributed by atoms with Crippen LogP contribution in [0.4, 0.5) is 0 Å². The molecule has 0 aromatic heterocycles. The summed E-state index contributed by atoms with van der Waals surface area (Å²) in [5.41, 5.74) is 0.129. The van der Waals surface area contributed by atoms with Gasteiger partial charge in [0.25, 0.3) is 0 Å². The summed E-state index contributed by atoms with van der Waals surface area (Å²) in [5, 5.41) is 8.86. The molecule has 1 heterocycles. The van der Waals surface area contributed by atoms with Crippen LogP contribution in [0.25, 0.3) is 0 Å². The SMILES string of the molecule is COc1ccc(B2OC(C)(C)C(C)(C)O2)cc1OCCCO. The maximum Gasteiger partial charge on any atom is 0.494 e. The van der Waals surface area contributed by atoms with E-state index in [1.165, 1.54) is 0 Å². The highest BCUT2D eigenvalue weighted by atomic mass is 16.7. The molecule has 0 aliphatic carbocycles. The van der Waals surface area contributed by atoms with Gasteiger partial charge in [-0.3, -0.25) is 0 Å². The van der Waals surface area contributed by atoms with Crippen molar-refractivity contribution in [3.8, 4) is 11.5 Å². The summed E-state index contributed by atoms with van der Waals surface area (Å²) in [5.74, 6) is 1.28. The summed E-state index contributed by atoms with van der Waals surface area (Å²) >= 11 is 0. The van der Waals surface area contributed by atoms with Gasteiger partial charge in [0, 0.05) is 13.0 Å². The number of benzene rings is 1. The van der Waals surface area contributed by atoms with Crippen molar-refractivity contribution in [2.45, 2.75) is 45.3 Å². The zero-order chi connectivity index (χ0) is 16.4. The number of ether oxygens (including phenoxy) is 2. The summed E-state index contributed by atoms with van der Waals surface area (Å²) in [4.78, 5) is 0. The zero-order valence-electron chi connectivity index (χ0n) is 14.0. The lowest BCUT2D eigenvalue weighted by molar-refractivity contribution is 0.00578. The number of methoxy groups -OCH3 is 1. The van der Waals surface area contributed by atoms with Gasteiger partial charge in [0.2, 0.25) is 0 Å². The van der Waals surface area contributed by atoms with Gasteiger partial charge in [-0.1, -0.05) is 6.07 Å². The average Bonchev–Trinajstić information content (AvgIpc) is 2.67. The van der Waals surface area contributed by atoms with Crippen molar-refractivity contribution in [1.29, 1.82) is 0 Å². The molecule has 2 rings (SSSR count). The van der Waals surface area contributed by atoms with Crippen LogP contribution in [-0.2, 0) is 9.31 Å². The van der Waals surface area contributed by atoms with E-state index in [9.17, 15) is 0 Å². The molecule has 0 radical (unpaired) electrons. The van der Waals surface area contributed by atoms with E-state index in [0.29, 0.717) is 24.5 Å². The Bertz CT molecular complexity index is 499. The Morgan fingerprint density at radius 2 is 1.73 bits per heavy atom. The van der Waals surface area contributed by atoms with E-state index < -0.39 is 7.12 Å². The molecule has 0 atom stereocenters. The summed E-state index contributed by atoms with van der Waals surface area (Å²) in [6.07, 6.45) is 0.573. The van der Waals surface area contributed by atoms with Gasteiger partial charge in [-0.05, 0) is 45.3 Å². The van der Waals surface area contributed by atoms with E-state index in [1.807, 2.05) is 45.9 Å². The summed E-state index contributed by atoms with van der Waals surface area (Å²) in [7, 11) is 1.17. The Labute approximate surface area is 132 Å². The van der Waals surface area contributed by atoms with Gasteiger partial charge >= 0.3 is 7.12 Å². The maximum absolute atomic E-state index is 8.86. The van der Waals surface area contributed by atoms with E-state index in [2.05, 4.69) is 0 Å². The van der Waals surface area contributed by atoms with Crippen LogP contribution >= 0.6 is 0 Å². The third-order valence-electron chi connectivity index (χ3n) is 4.27. The van der Waals surface area contributed by atoms with Gasteiger partial charge in [0.1, 0.15) is 0 Å². The summed E-state index contributed by atoms with van der Waals surface area (Å²) in [6, 6.07) is 5.63. The standard InChI is InChI=1S/C16H25BO5/c1-15(2)16(3,4)22-17(21-15)12-7-8-13(19-5)14(11-12)20-10-6-9-18/h7-8,11,18H,6,9-10H2,1-5H3. The molecule has 1 fully saturated rings. The van der Waals surface area contributed by atoms with Gasteiger partial charge in [-0.25, -0.2) is 0 Å². The van der Waals surface area contributed by atoms with Crippen molar-refractivity contribution in [3.05, 3.63) is 18.2 Å². The van der Waals surface area contributed by atoms with Crippen molar-refractivity contribution < 1.29 is 23.9 Å². The van der Waals surface area contributed by atoms with Gasteiger partial charge in [-0.15, -0.1) is 0 Å². The second kappa shape index (κ2) is 6.48. The van der Waals surface area contributed by atoms with Crippen molar-refractivity contribution in [1.82, 2.24) is 0 Å². The van der Waals surface area contributed by atoms with E-state index in [1.54, 1.807) is 7.11 Å². The molecule has 1 N–H and O–H groups in total. The molecular weight excluding hydrogens is 283 g/mol. The van der Waals surface area contributed by atoms with E-state index >= 15 is 0 Å². The molecule has 1 aliphatic rings. The van der Waals surface area contributed by atoms with Crippen LogP contribution in [0, 0.1) is 0 Å². The number of rotatable bonds is 6. The van der Waals surface area contributed by atoms with Crippen molar-refractivity contribution in [3.63, 3.8) is 0 Å². The molecule has 0 spiro atoms. The van der Waals surface area contributed by atoms with Crippen LogP contribution in [0.1, 0.15) is 34.1 Å². The Hall–Kier alpha value is -1.24. The predicted molar refractivity (Wildman–Crippen MR) is 85.9 cm³/mol. The molecule has 0 bridgehead atoms. The fourth-order valence-corrected chi connectivity index (χ4v) is 2.18. The number of hydrogen-bond acceptors (Lipinski definition) is 5. The highest BCUT2D eigenvalue weighted by molar-refractivity contribution is 6.62. The lowest BCUT2D eigenvalue weighted by Gasteiger charge is -2.32. The Morgan fingerprint density at radius 1 is 1.09 bits per heavy atom. The molecule has 0 unspecified atom stereocenters. The normalized spacial score (nSPS) is 19.3. The van der Waals surface area contributed by atoms with Gasteiger partial charge in [-0.2, -0.15) is 0 Å². The van der Waals surface area contributed by atoms with Crippen LogP contribution in [0.15, 0.2) is 18.2 Å². The molecule has 1 aliphatic heterocycles. The third-order valence-corrected chi connectivity index (χ3v) is 4.27. The average molecular weight is 308 g/mol. The molecule has 5 nitrogen and oxygen atoms in total. The molecule has 1 aromatic rings. The summed E-state index contributed by atoms with van der Waals surface area (Å²) < 4.78 is 23.1. The van der Waals surface area contributed by atoms with E-state index in [-0.39, 0.29) is 17.8 Å². The number of hydrogen-bond donors (Lipinski definition) is 1. The first-order chi connectivity index (χ1) is 10.3. The lowest BCUT2D eigenvalue weighted by Crippen LogP contribution is -2.41. The second-order valence-corrected chi connectivity index (χ2v) is 6.42. The van der Waals surface area contributed by atoms with Crippen LogP contribution < -0.4 is 14.9 Å². The zero-order valence-corrected chi connectivity index (χ0v) is 14.0. The van der Waals surface area contributed by atoms with E-state index in [0.717, 1.165) is 5.46 Å². The monoisotopic (exact) mass is 308 g/mol. The number of aliphatic hydroxyl groups is 1. The van der Waals surface area contributed by atoms with Crippen LogP contribution in [0.5, 0.6) is 11.5 Å². The smallest absolute Gasteiger partial charge is 0.493 e. The van der Waals surface area contributed by atoms with Crippen molar-refractivity contribution >= 4 is 12.6 Å². The minimum atomic E-state index is -0.434. The van der Waals surface area contributed by atoms with Gasteiger partial charge < -0.3 is 23.9 Å². The minimum absolute atomic E-state index is 0.0965. The molecule has 22 heavy (non-hydrogen) atoms. The maximum atomic E-state index is 8.86. The van der Waals surface area contributed by atoms with Gasteiger partial charge in [0.05, 0.1) is 24.9 Å². The van der Waals surface area contributed by atoms with Crippen molar-refractivity contribution in [2.24, 2.45) is 0 Å². The quantitative estimate of drug-likeness (QED) is 0.641. The van der Waals surface area contributed by atoms with Crippen LogP contribution in [0.3, 0.4) is 0 Å². The largest absolute Gasteiger partial charge is 0.494 e. The molecule has 0 amide bonds.